The Bertz CT molecular complexity index is 605. The number of fused-ring (bicyclic) bond motifs is 1. The fourth-order valence-electron chi connectivity index (χ4n) is 2.85. The molecule has 2 aromatic rings. The normalized spacial score (nSPS) is 22.6. The molecule has 1 aromatic carbocycles. The lowest BCUT2D eigenvalue weighted by molar-refractivity contribution is -0.00461. The van der Waals surface area contributed by atoms with Crippen LogP contribution in [-0.4, -0.2) is 44.5 Å². The average Bonchev–Trinajstić information content (AvgIpc) is 2.91. The molecule has 0 radical (unpaired) electrons. The molecule has 3 rings (SSSR count). The Morgan fingerprint density at radius 1 is 1.15 bits per heavy atom. The van der Waals surface area contributed by atoms with Crippen LogP contribution in [-0.2, 0) is 9.47 Å². The van der Waals surface area contributed by atoms with Crippen LogP contribution in [0.3, 0.4) is 0 Å². The van der Waals surface area contributed by atoms with Crippen molar-refractivity contribution in [2.45, 2.75) is 12.2 Å². The van der Waals surface area contributed by atoms with E-state index >= 15 is 0 Å². The van der Waals surface area contributed by atoms with E-state index in [2.05, 4.69) is 16.0 Å². The number of rotatable bonds is 3. The van der Waals surface area contributed by atoms with E-state index in [1.54, 1.807) is 20.4 Å². The second kappa shape index (κ2) is 5.26. The minimum atomic E-state index is 0.0873. The number of nitrogens with two attached hydrogens (primary N) is 1. The summed E-state index contributed by atoms with van der Waals surface area (Å²) in [6, 6.07) is 7.94. The number of hydrogen-bond acceptors (Lipinski definition) is 5. The molecule has 2 N–H and O–H groups in total. The summed E-state index contributed by atoms with van der Waals surface area (Å²) >= 11 is 0. The van der Waals surface area contributed by atoms with Gasteiger partial charge in [0.05, 0.1) is 11.2 Å². The summed E-state index contributed by atoms with van der Waals surface area (Å²) in [5.41, 5.74) is 8.68. The van der Waals surface area contributed by atoms with Crippen molar-refractivity contribution in [3.8, 4) is 0 Å². The SMILES string of the molecule is COC1CN(c2ccc(N)c3ncccc23)CC1OC. The predicted molar refractivity (Wildman–Crippen MR) is 80.0 cm³/mol. The number of aromatic nitrogens is 1. The van der Waals surface area contributed by atoms with Gasteiger partial charge in [0.2, 0.25) is 0 Å². The summed E-state index contributed by atoms with van der Waals surface area (Å²) in [6.45, 7) is 1.62. The number of hydrogen-bond donors (Lipinski definition) is 1. The maximum atomic E-state index is 6.00. The van der Waals surface area contributed by atoms with E-state index in [0.717, 1.165) is 29.7 Å². The van der Waals surface area contributed by atoms with Crippen LogP contribution in [0.2, 0.25) is 0 Å². The van der Waals surface area contributed by atoms with E-state index in [9.17, 15) is 0 Å². The third kappa shape index (κ3) is 2.09. The molecule has 0 bridgehead atoms. The maximum Gasteiger partial charge on any atom is 0.102 e. The number of ether oxygens (including phenoxy) is 2. The van der Waals surface area contributed by atoms with Crippen LogP contribution in [0.25, 0.3) is 10.9 Å². The number of nitrogen functional groups attached to an aromatic ring is 1. The Morgan fingerprint density at radius 3 is 2.50 bits per heavy atom. The summed E-state index contributed by atoms with van der Waals surface area (Å²) in [5.74, 6) is 0. The van der Waals surface area contributed by atoms with Gasteiger partial charge in [-0.1, -0.05) is 0 Å². The first-order chi connectivity index (χ1) is 9.74. The lowest BCUT2D eigenvalue weighted by atomic mass is 10.1. The predicted octanol–water partition coefficient (Wildman–Crippen LogP) is 1.67. The quantitative estimate of drug-likeness (QED) is 0.862. The molecule has 20 heavy (non-hydrogen) atoms. The number of nitrogens with zero attached hydrogens (tertiary/aromatic N) is 2. The lowest BCUT2D eigenvalue weighted by Crippen LogP contribution is -2.27. The summed E-state index contributed by atoms with van der Waals surface area (Å²) < 4.78 is 11.0. The molecular weight excluding hydrogens is 254 g/mol. The Morgan fingerprint density at radius 2 is 1.85 bits per heavy atom. The van der Waals surface area contributed by atoms with E-state index in [4.69, 9.17) is 15.2 Å². The van der Waals surface area contributed by atoms with Crippen LogP contribution in [0, 0.1) is 0 Å². The lowest BCUT2D eigenvalue weighted by Gasteiger charge is -2.20. The number of pyridine rings is 1. The molecule has 1 aromatic heterocycles. The Balaban J connectivity index is 2.01. The van der Waals surface area contributed by atoms with Crippen molar-refractivity contribution in [2.24, 2.45) is 0 Å². The number of anilines is 2. The van der Waals surface area contributed by atoms with Gasteiger partial charge in [-0.3, -0.25) is 4.98 Å². The van der Waals surface area contributed by atoms with Gasteiger partial charge in [-0.25, -0.2) is 0 Å². The molecule has 106 valence electrons. The molecule has 1 aliphatic rings. The highest BCUT2D eigenvalue weighted by Crippen LogP contribution is 2.32. The Labute approximate surface area is 118 Å². The van der Waals surface area contributed by atoms with Gasteiger partial charge in [-0.2, -0.15) is 0 Å². The van der Waals surface area contributed by atoms with Crippen molar-refractivity contribution in [1.29, 1.82) is 0 Å². The highest BCUT2D eigenvalue weighted by Gasteiger charge is 2.33. The third-order valence-corrected chi connectivity index (χ3v) is 3.94. The molecule has 0 amide bonds. The van der Waals surface area contributed by atoms with Gasteiger partial charge >= 0.3 is 0 Å². The fourth-order valence-corrected chi connectivity index (χ4v) is 2.85. The fraction of sp³-hybridized carbons (Fsp3) is 0.400. The first-order valence-corrected chi connectivity index (χ1v) is 6.68. The van der Waals surface area contributed by atoms with Crippen LogP contribution in [0.5, 0.6) is 0 Å². The van der Waals surface area contributed by atoms with Crippen LogP contribution in [0.4, 0.5) is 11.4 Å². The summed E-state index contributed by atoms with van der Waals surface area (Å²) in [6.07, 6.45) is 1.94. The van der Waals surface area contributed by atoms with Gasteiger partial charge in [0.25, 0.3) is 0 Å². The second-order valence-corrected chi connectivity index (χ2v) is 5.03. The molecule has 0 spiro atoms. The standard InChI is InChI=1S/C15H19N3O2/c1-19-13-8-18(9-14(13)20-2)12-6-5-11(16)15-10(12)4-3-7-17-15/h3-7,13-14H,8-9,16H2,1-2H3. The monoisotopic (exact) mass is 273 g/mol. The summed E-state index contributed by atoms with van der Waals surface area (Å²) in [7, 11) is 3.45. The summed E-state index contributed by atoms with van der Waals surface area (Å²) in [5, 5.41) is 1.07. The van der Waals surface area contributed by atoms with E-state index in [1.165, 1.54) is 0 Å². The van der Waals surface area contributed by atoms with Gasteiger partial charge in [-0.05, 0) is 24.3 Å². The summed E-state index contributed by atoms with van der Waals surface area (Å²) in [4.78, 5) is 6.65. The minimum absolute atomic E-state index is 0.0873. The molecule has 5 nitrogen and oxygen atoms in total. The Kier molecular flexibility index (Phi) is 3.46. The molecule has 1 saturated heterocycles. The molecule has 0 saturated carbocycles. The second-order valence-electron chi connectivity index (χ2n) is 5.03. The zero-order chi connectivity index (χ0) is 14.1. The highest BCUT2D eigenvalue weighted by molar-refractivity contribution is 5.98. The van der Waals surface area contributed by atoms with Gasteiger partial charge < -0.3 is 20.1 Å². The largest absolute Gasteiger partial charge is 0.397 e. The minimum Gasteiger partial charge on any atom is -0.397 e. The molecule has 1 fully saturated rings. The molecule has 2 atom stereocenters. The van der Waals surface area contributed by atoms with E-state index < -0.39 is 0 Å². The van der Waals surface area contributed by atoms with Crippen molar-refractivity contribution in [1.82, 2.24) is 4.98 Å². The average molecular weight is 273 g/mol. The van der Waals surface area contributed by atoms with Crippen molar-refractivity contribution in [3.63, 3.8) is 0 Å². The van der Waals surface area contributed by atoms with Gasteiger partial charge in [0.15, 0.2) is 0 Å². The zero-order valence-corrected chi connectivity index (χ0v) is 11.7. The maximum absolute atomic E-state index is 6.00. The Hall–Kier alpha value is -1.85. The van der Waals surface area contributed by atoms with E-state index in [0.29, 0.717) is 5.69 Å². The van der Waals surface area contributed by atoms with Crippen LogP contribution in [0.1, 0.15) is 0 Å². The van der Waals surface area contributed by atoms with Crippen molar-refractivity contribution >= 4 is 22.3 Å². The molecule has 1 aliphatic heterocycles. The van der Waals surface area contributed by atoms with Crippen LogP contribution in [0.15, 0.2) is 30.5 Å². The van der Waals surface area contributed by atoms with E-state index in [-0.39, 0.29) is 12.2 Å². The van der Waals surface area contributed by atoms with E-state index in [1.807, 2.05) is 18.2 Å². The molecule has 2 heterocycles. The zero-order valence-electron chi connectivity index (χ0n) is 11.7. The van der Waals surface area contributed by atoms with Crippen molar-refractivity contribution in [2.75, 3.05) is 37.9 Å². The van der Waals surface area contributed by atoms with Gasteiger partial charge in [0.1, 0.15) is 12.2 Å². The van der Waals surface area contributed by atoms with Crippen molar-refractivity contribution in [3.05, 3.63) is 30.5 Å². The van der Waals surface area contributed by atoms with Gasteiger partial charge in [-0.15, -0.1) is 0 Å². The molecule has 0 aliphatic carbocycles. The van der Waals surface area contributed by atoms with Crippen molar-refractivity contribution < 1.29 is 9.47 Å². The highest BCUT2D eigenvalue weighted by atomic mass is 16.5. The number of methoxy groups -OCH3 is 2. The first kappa shape index (κ1) is 13.1. The molecule has 2 unspecified atom stereocenters. The number of benzene rings is 1. The topological polar surface area (TPSA) is 60.6 Å². The van der Waals surface area contributed by atoms with Crippen LogP contribution >= 0.6 is 0 Å². The first-order valence-electron chi connectivity index (χ1n) is 6.68. The molecular formula is C15H19N3O2. The smallest absolute Gasteiger partial charge is 0.102 e. The third-order valence-electron chi connectivity index (χ3n) is 3.94. The van der Waals surface area contributed by atoms with Crippen LogP contribution < -0.4 is 10.6 Å². The molecule has 5 heteroatoms. The van der Waals surface area contributed by atoms with Gasteiger partial charge in [0, 0.05) is 44.6 Å².